The molecule has 2 nitrogen and oxygen atoms in total. The van der Waals surface area contributed by atoms with Crippen LogP contribution in [0.4, 0.5) is 0 Å². The van der Waals surface area contributed by atoms with Crippen molar-refractivity contribution in [3.8, 4) is 0 Å². The van der Waals surface area contributed by atoms with Crippen molar-refractivity contribution in [2.45, 2.75) is 77.9 Å². The van der Waals surface area contributed by atoms with E-state index in [0.29, 0.717) is 5.92 Å². The Labute approximate surface area is 107 Å². The van der Waals surface area contributed by atoms with Crippen LogP contribution in [-0.4, -0.2) is 18.2 Å². The second-order valence-corrected chi connectivity index (χ2v) is 5.76. The van der Waals surface area contributed by atoms with Crippen LogP contribution in [0.5, 0.6) is 0 Å². The van der Waals surface area contributed by atoms with Crippen molar-refractivity contribution >= 4 is 0 Å². The summed E-state index contributed by atoms with van der Waals surface area (Å²) in [6.45, 7) is 9.64. The zero-order valence-corrected chi connectivity index (χ0v) is 12.2. The molecule has 0 aliphatic heterocycles. The maximum Gasteiger partial charge on any atom is 0.0829 e. The van der Waals surface area contributed by atoms with E-state index in [1.807, 2.05) is 0 Å². The van der Waals surface area contributed by atoms with Crippen molar-refractivity contribution in [3.63, 3.8) is 0 Å². The van der Waals surface area contributed by atoms with Crippen molar-refractivity contribution < 1.29 is 4.74 Å². The van der Waals surface area contributed by atoms with Gasteiger partial charge in [-0.2, -0.15) is 0 Å². The third kappa shape index (κ3) is 3.45. The Hall–Kier alpha value is -0.0800. The summed E-state index contributed by atoms with van der Waals surface area (Å²) in [6, 6.07) is 0.209. The monoisotopic (exact) mass is 241 g/mol. The van der Waals surface area contributed by atoms with Gasteiger partial charge in [0.2, 0.25) is 0 Å². The highest BCUT2D eigenvalue weighted by molar-refractivity contribution is 4.95. The van der Waals surface area contributed by atoms with Crippen LogP contribution >= 0.6 is 0 Å². The standard InChI is InChI=1S/C15H31NO/c1-5-15(6-2,17-7-3)14(16)13-10-8-9-12(4)11-13/h12-14H,5-11,16H2,1-4H3. The molecule has 2 N–H and O–H groups in total. The molecule has 1 fully saturated rings. The molecule has 0 aromatic rings. The smallest absolute Gasteiger partial charge is 0.0829 e. The molecule has 0 aromatic carbocycles. The van der Waals surface area contributed by atoms with Crippen molar-refractivity contribution in [3.05, 3.63) is 0 Å². The van der Waals surface area contributed by atoms with Crippen LogP contribution in [0.25, 0.3) is 0 Å². The first kappa shape index (κ1) is 15.0. The molecule has 1 aliphatic carbocycles. The minimum Gasteiger partial charge on any atom is -0.374 e. The highest BCUT2D eigenvalue weighted by Crippen LogP contribution is 2.37. The van der Waals surface area contributed by atoms with E-state index < -0.39 is 0 Å². The van der Waals surface area contributed by atoms with E-state index in [1.54, 1.807) is 0 Å². The first-order chi connectivity index (χ1) is 8.09. The predicted octanol–water partition coefficient (Wildman–Crippen LogP) is 3.74. The van der Waals surface area contributed by atoms with Crippen molar-refractivity contribution in [1.29, 1.82) is 0 Å². The second-order valence-electron chi connectivity index (χ2n) is 5.76. The number of hydrogen-bond acceptors (Lipinski definition) is 2. The number of hydrogen-bond donors (Lipinski definition) is 1. The zero-order valence-electron chi connectivity index (χ0n) is 12.2. The van der Waals surface area contributed by atoms with Gasteiger partial charge in [-0.05, 0) is 44.4 Å². The largest absolute Gasteiger partial charge is 0.374 e. The summed E-state index contributed by atoms with van der Waals surface area (Å²) < 4.78 is 6.05. The van der Waals surface area contributed by atoms with Gasteiger partial charge < -0.3 is 10.5 Å². The lowest BCUT2D eigenvalue weighted by Crippen LogP contribution is -2.54. The van der Waals surface area contributed by atoms with Gasteiger partial charge in [-0.15, -0.1) is 0 Å². The van der Waals surface area contributed by atoms with Gasteiger partial charge in [-0.3, -0.25) is 0 Å². The number of ether oxygens (including phenoxy) is 1. The molecule has 0 spiro atoms. The molecule has 0 radical (unpaired) electrons. The molecule has 2 heteroatoms. The number of rotatable bonds is 6. The number of nitrogens with two attached hydrogens (primary N) is 1. The summed E-state index contributed by atoms with van der Waals surface area (Å²) in [4.78, 5) is 0. The van der Waals surface area contributed by atoms with Gasteiger partial charge in [-0.1, -0.05) is 33.6 Å². The lowest BCUT2D eigenvalue weighted by Gasteiger charge is -2.43. The molecule has 17 heavy (non-hydrogen) atoms. The van der Waals surface area contributed by atoms with Gasteiger partial charge in [0.1, 0.15) is 0 Å². The minimum absolute atomic E-state index is 0.0868. The van der Waals surface area contributed by atoms with Crippen LogP contribution in [0.3, 0.4) is 0 Å². The van der Waals surface area contributed by atoms with Crippen molar-refractivity contribution in [1.82, 2.24) is 0 Å². The molecule has 102 valence electrons. The molecule has 0 heterocycles. The van der Waals surface area contributed by atoms with Gasteiger partial charge in [0.15, 0.2) is 0 Å². The Morgan fingerprint density at radius 3 is 2.35 bits per heavy atom. The molecule has 0 bridgehead atoms. The topological polar surface area (TPSA) is 35.2 Å². The fourth-order valence-electron chi connectivity index (χ4n) is 3.55. The molecular formula is C15H31NO. The van der Waals surface area contributed by atoms with Gasteiger partial charge in [-0.25, -0.2) is 0 Å². The van der Waals surface area contributed by atoms with E-state index in [2.05, 4.69) is 27.7 Å². The molecule has 0 saturated heterocycles. The first-order valence-electron chi connectivity index (χ1n) is 7.49. The molecule has 3 unspecified atom stereocenters. The molecule has 1 saturated carbocycles. The van der Waals surface area contributed by atoms with E-state index in [1.165, 1.54) is 25.7 Å². The Balaban J connectivity index is 2.72. The average Bonchev–Trinajstić information content (AvgIpc) is 2.35. The van der Waals surface area contributed by atoms with Crippen LogP contribution in [0, 0.1) is 11.8 Å². The molecule has 0 amide bonds. The van der Waals surface area contributed by atoms with Gasteiger partial charge in [0, 0.05) is 12.6 Å². The third-order valence-electron chi connectivity index (χ3n) is 4.72. The maximum absolute atomic E-state index is 6.57. The van der Waals surface area contributed by atoms with E-state index >= 15 is 0 Å². The molecule has 1 aliphatic rings. The summed E-state index contributed by atoms with van der Waals surface area (Å²) in [5.41, 5.74) is 6.49. The van der Waals surface area contributed by atoms with Crippen molar-refractivity contribution in [2.75, 3.05) is 6.61 Å². The van der Waals surface area contributed by atoms with Gasteiger partial charge in [0.05, 0.1) is 5.60 Å². The van der Waals surface area contributed by atoms with E-state index in [9.17, 15) is 0 Å². The van der Waals surface area contributed by atoms with E-state index in [-0.39, 0.29) is 11.6 Å². The molecule has 1 rings (SSSR count). The Kier molecular flexibility index (Phi) is 5.94. The summed E-state index contributed by atoms with van der Waals surface area (Å²) >= 11 is 0. The van der Waals surface area contributed by atoms with Crippen LogP contribution in [0.1, 0.15) is 66.2 Å². The highest BCUT2D eigenvalue weighted by atomic mass is 16.5. The molecule has 3 atom stereocenters. The zero-order chi connectivity index (χ0) is 12.9. The maximum atomic E-state index is 6.57. The highest BCUT2D eigenvalue weighted by Gasteiger charge is 2.39. The fourth-order valence-corrected chi connectivity index (χ4v) is 3.55. The molecule has 0 aromatic heterocycles. The fraction of sp³-hybridized carbons (Fsp3) is 1.00. The third-order valence-corrected chi connectivity index (χ3v) is 4.72. The summed E-state index contributed by atoms with van der Waals surface area (Å²) in [5.74, 6) is 1.50. The summed E-state index contributed by atoms with van der Waals surface area (Å²) in [5, 5.41) is 0. The van der Waals surface area contributed by atoms with E-state index in [0.717, 1.165) is 25.4 Å². The predicted molar refractivity (Wildman–Crippen MR) is 74.0 cm³/mol. The normalized spacial score (nSPS) is 28.1. The average molecular weight is 241 g/mol. The Morgan fingerprint density at radius 1 is 1.24 bits per heavy atom. The van der Waals surface area contributed by atoms with Crippen molar-refractivity contribution in [2.24, 2.45) is 17.6 Å². The van der Waals surface area contributed by atoms with Gasteiger partial charge >= 0.3 is 0 Å². The lowest BCUT2D eigenvalue weighted by molar-refractivity contribution is -0.0805. The van der Waals surface area contributed by atoms with Crippen LogP contribution in [0.2, 0.25) is 0 Å². The lowest BCUT2D eigenvalue weighted by atomic mass is 9.72. The minimum atomic E-state index is -0.0868. The first-order valence-corrected chi connectivity index (χ1v) is 7.49. The van der Waals surface area contributed by atoms with Gasteiger partial charge in [0.25, 0.3) is 0 Å². The quantitative estimate of drug-likeness (QED) is 0.769. The summed E-state index contributed by atoms with van der Waals surface area (Å²) in [7, 11) is 0. The second kappa shape index (κ2) is 6.75. The van der Waals surface area contributed by atoms with Crippen LogP contribution in [-0.2, 0) is 4.74 Å². The Bertz CT molecular complexity index is 213. The van der Waals surface area contributed by atoms with E-state index in [4.69, 9.17) is 10.5 Å². The van der Waals surface area contributed by atoms with Crippen LogP contribution < -0.4 is 5.73 Å². The molecular weight excluding hydrogens is 210 g/mol. The van der Waals surface area contributed by atoms with Crippen LogP contribution in [0.15, 0.2) is 0 Å². The SMILES string of the molecule is CCOC(CC)(CC)C(N)C1CCCC(C)C1. The Morgan fingerprint density at radius 2 is 1.88 bits per heavy atom. The summed E-state index contributed by atoms with van der Waals surface area (Å²) in [6.07, 6.45) is 7.36.